The van der Waals surface area contributed by atoms with Crippen molar-refractivity contribution in [3.63, 3.8) is 0 Å². The Morgan fingerprint density at radius 1 is 1.07 bits per heavy atom. The lowest BCUT2D eigenvalue weighted by atomic mass is 9.83. The van der Waals surface area contributed by atoms with Gasteiger partial charge < -0.3 is 31.1 Å². The third-order valence-corrected chi connectivity index (χ3v) is 9.69. The van der Waals surface area contributed by atoms with E-state index in [9.17, 15) is 19.2 Å². The third-order valence-electron chi connectivity index (χ3n) is 9.69. The van der Waals surface area contributed by atoms with Gasteiger partial charge in [0.1, 0.15) is 12.1 Å². The van der Waals surface area contributed by atoms with Gasteiger partial charge >= 0.3 is 0 Å². The van der Waals surface area contributed by atoms with E-state index in [1.54, 1.807) is 7.05 Å². The van der Waals surface area contributed by atoms with Crippen LogP contribution >= 0.6 is 0 Å². The summed E-state index contributed by atoms with van der Waals surface area (Å²) < 4.78 is 0. The lowest BCUT2D eigenvalue weighted by Crippen LogP contribution is -2.58. The van der Waals surface area contributed by atoms with Crippen LogP contribution in [0.5, 0.6) is 0 Å². The molecule has 224 valence electrons. The summed E-state index contributed by atoms with van der Waals surface area (Å²) in [5.41, 5.74) is 1.88. The van der Waals surface area contributed by atoms with Crippen LogP contribution < -0.4 is 21.3 Å². The molecule has 0 spiro atoms. The molecule has 0 aromatic heterocycles. The number of rotatable bonds is 10. The quantitative estimate of drug-likeness (QED) is 0.320. The molecule has 41 heavy (non-hydrogen) atoms. The number of likely N-dealkylation sites (tertiary alicyclic amines) is 2. The Hall–Kier alpha value is -2.98. The standard InChI is InChI=1S/C31H46N6O4/c1-20(32-2)29(39)35-28(23-8-4-3-5-9-23)31(41)37-16-13-22-12-15-36(19-26(22)37)14-11-21-7-6-10-24(17-21)33-30(40)25-18-27(38)34-25/h6-7,10,17,20,22-23,25-26,28,32H,3-5,8-9,11-16,18-19H2,1-2H3,(H,33,40)(H,34,38)(H,35,39)/t20-,22+,25?,26+,28-/m0/s1. The SMILES string of the molecule is CN[C@@H](C)C(=O)N[C@H](C(=O)N1CC[C@H]2CCN(CCc3cccc(NC(=O)C4CC(=O)N4)c3)C[C@H]21)C1CCCCC1. The maximum Gasteiger partial charge on any atom is 0.247 e. The molecular formula is C31H46N6O4. The van der Waals surface area contributed by atoms with E-state index in [0.717, 1.165) is 82.4 Å². The Labute approximate surface area is 243 Å². The van der Waals surface area contributed by atoms with Crippen LogP contribution in [0, 0.1) is 11.8 Å². The first kappa shape index (κ1) is 29.5. The van der Waals surface area contributed by atoms with Gasteiger partial charge in [-0.2, -0.15) is 0 Å². The van der Waals surface area contributed by atoms with Crippen LogP contribution in [0.4, 0.5) is 5.69 Å². The van der Waals surface area contributed by atoms with Gasteiger partial charge in [-0.25, -0.2) is 0 Å². The fourth-order valence-electron chi connectivity index (χ4n) is 6.96. The molecular weight excluding hydrogens is 520 g/mol. The van der Waals surface area contributed by atoms with Gasteiger partial charge in [-0.3, -0.25) is 19.2 Å². The van der Waals surface area contributed by atoms with E-state index in [-0.39, 0.29) is 48.1 Å². The number of carbonyl (C=O) groups excluding carboxylic acids is 4. The lowest BCUT2D eigenvalue weighted by molar-refractivity contribution is -0.140. The van der Waals surface area contributed by atoms with Gasteiger partial charge in [0.2, 0.25) is 23.6 Å². The van der Waals surface area contributed by atoms with E-state index < -0.39 is 12.1 Å². The molecule has 0 radical (unpaired) electrons. The molecule has 10 heteroatoms. The molecule has 3 saturated heterocycles. The van der Waals surface area contributed by atoms with E-state index in [2.05, 4.69) is 37.1 Å². The minimum Gasteiger partial charge on any atom is -0.344 e. The topological polar surface area (TPSA) is 123 Å². The fourth-order valence-corrected chi connectivity index (χ4v) is 6.96. The van der Waals surface area contributed by atoms with Crippen molar-refractivity contribution in [2.24, 2.45) is 11.8 Å². The molecule has 1 aromatic rings. The Balaban J connectivity index is 1.18. The van der Waals surface area contributed by atoms with Crippen LogP contribution in [0.15, 0.2) is 24.3 Å². The Morgan fingerprint density at radius 2 is 1.83 bits per heavy atom. The summed E-state index contributed by atoms with van der Waals surface area (Å²) in [6, 6.07) is 6.85. The summed E-state index contributed by atoms with van der Waals surface area (Å²) in [5.74, 6) is 0.444. The number of carbonyl (C=O) groups is 4. The van der Waals surface area contributed by atoms with Crippen LogP contribution in [0.25, 0.3) is 0 Å². The minimum absolute atomic E-state index is 0.0946. The van der Waals surface area contributed by atoms with E-state index >= 15 is 0 Å². The lowest BCUT2D eigenvalue weighted by Gasteiger charge is -2.41. The van der Waals surface area contributed by atoms with Crippen LogP contribution in [0.3, 0.4) is 0 Å². The van der Waals surface area contributed by atoms with Crippen LogP contribution in [0.2, 0.25) is 0 Å². The number of amides is 4. The summed E-state index contributed by atoms with van der Waals surface area (Å²) in [5, 5.41) is 11.7. The second kappa shape index (κ2) is 13.3. The predicted octanol–water partition coefficient (Wildman–Crippen LogP) is 1.65. The summed E-state index contributed by atoms with van der Waals surface area (Å²) in [6.07, 6.45) is 8.63. The zero-order valence-electron chi connectivity index (χ0n) is 24.5. The summed E-state index contributed by atoms with van der Waals surface area (Å²) in [6.45, 7) is 5.35. The van der Waals surface area contributed by atoms with Crippen LogP contribution in [0.1, 0.15) is 63.9 Å². The van der Waals surface area contributed by atoms with Gasteiger partial charge in [-0.15, -0.1) is 0 Å². The molecule has 5 atom stereocenters. The number of β-lactam (4-membered cyclic amide) rings is 1. The molecule has 3 aliphatic heterocycles. The van der Waals surface area contributed by atoms with Crippen molar-refractivity contribution in [3.05, 3.63) is 29.8 Å². The summed E-state index contributed by atoms with van der Waals surface area (Å²) >= 11 is 0. The van der Waals surface area contributed by atoms with E-state index in [1.807, 2.05) is 25.1 Å². The normalized spacial score (nSPS) is 26.3. The first-order valence-corrected chi connectivity index (χ1v) is 15.5. The van der Waals surface area contributed by atoms with Crippen molar-refractivity contribution in [2.45, 2.75) is 88.9 Å². The second-order valence-corrected chi connectivity index (χ2v) is 12.4. The average molecular weight is 567 g/mol. The zero-order chi connectivity index (χ0) is 28.9. The molecule has 1 aromatic carbocycles. The summed E-state index contributed by atoms with van der Waals surface area (Å²) in [7, 11) is 1.77. The Kier molecular flexibility index (Phi) is 9.60. The highest BCUT2D eigenvalue weighted by Gasteiger charge is 2.44. The van der Waals surface area contributed by atoms with Crippen molar-refractivity contribution in [1.29, 1.82) is 0 Å². The molecule has 4 amide bonds. The molecule has 0 bridgehead atoms. The van der Waals surface area contributed by atoms with Gasteiger partial charge in [0.05, 0.1) is 12.5 Å². The number of nitrogens with zero attached hydrogens (tertiary/aromatic N) is 2. The number of piperidine rings is 1. The minimum atomic E-state index is -0.445. The number of likely N-dealkylation sites (N-methyl/N-ethyl adjacent to an activating group) is 1. The molecule has 1 aliphatic carbocycles. The number of benzene rings is 1. The van der Waals surface area contributed by atoms with Gasteiger partial charge in [0.25, 0.3) is 0 Å². The molecule has 1 saturated carbocycles. The maximum atomic E-state index is 14.1. The van der Waals surface area contributed by atoms with Gasteiger partial charge in [-0.05, 0) is 82.2 Å². The average Bonchev–Trinajstić information content (AvgIpc) is 3.40. The zero-order valence-corrected chi connectivity index (χ0v) is 24.5. The Morgan fingerprint density at radius 3 is 2.56 bits per heavy atom. The molecule has 10 nitrogen and oxygen atoms in total. The van der Waals surface area contributed by atoms with Gasteiger partial charge in [0.15, 0.2) is 0 Å². The first-order valence-electron chi connectivity index (χ1n) is 15.5. The van der Waals surface area contributed by atoms with E-state index in [4.69, 9.17) is 0 Å². The van der Waals surface area contributed by atoms with Crippen LogP contribution in [-0.4, -0.2) is 90.8 Å². The Bertz CT molecular complexity index is 1110. The largest absolute Gasteiger partial charge is 0.344 e. The third kappa shape index (κ3) is 7.09. The highest BCUT2D eigenvalue weighted by molar-refractivity contribution is 6.03. The monoisotopic (exact) mass is 566 g/mol. The molecule has 3 heterocycles. The molecule has 4 aliphatic rings. The molecule has 1 unspecified atom stereocenters. The first-order chi connectivity index (χ1) is 19.8. The molecule has 4 fully saturated rings. The van der Waals surface area contributed by atoms with Crippen molar-refractivity contribution >= 4 is 29.3 Å². The van der Waals surface area contributed by atoms with Crippen molar-refractivity contribution in [1.82, 2.24) is 25.8 Å². The van der Waals surface area contributed by atoms with Crippen molar-refractivity contribution in [2.75, 3.05) is 38.5 Å². The predicted molar refractivity (Wildman–Crippen MR) is 157 cm³/mol. The smallest absolute Gasteiger partial charge is 0.247 e. The molecule has 4 N–H and O–H groups in total. The van der Waals surface area contributed by atoms with Crippen molar-refractivity contribution < 1.29 is 19.2 Å². The highest BCUT2D eigenvalue weighted by Crippen LogP contribution is 2.34. The number of fused-ring (bicyclic) bond motifs is 1. The van der Waals surface area contributed by atoms with Crippen LogP contribution in [-0.2, 0) is 25.6 Å². The second-order valence-electron chi connectivity index (χ2n) is 12.4. The van der Waals surface area contributed by atoms with Gasteiger partial charge in [0, 0.05) is 31.4 Å². The van der Waals surface area contributed by atoms with E-state index in [1.165, 1.54) is 6.42 Å². The highest BCUT2D eigenvalue weighted by atomic mass is 16.2. The fraction of sp³-hybridized carbons (Fsp3) is 0.677. The molecule has 5 rings (SSSR count). The number of anilines is 1. The number of hydrogen-bond acceptors (Lipinski definition) is 6. The van der Waals surface area contributed by atoms with Crippen molar-refractivity contribution in [3.8, 4) is 0 Å². The summed E-state index contributed by atoms with van der Waals surface area (Å²) in [4.78, 5) is 54.9. The number of nitrogens with one attached hydrogen (secondary N) is 4. The number of hydrogen-bond donors (Lipinski definition) is 4. The maximum absolute atomic E-state index is 14.1. The van der Waals surface area contributed by atoms with Gasteiger partial charge in [-0.1, -0.05) is 31.4 Å². The van der Waals surface area contributed by atoms with E-state index in [0.29, 0.717) is 5.92 Å².